The Morgan fingerprint density at radius 3 is 2.62 bits per heavy atom. The van der Waals surface area contributed by atoms with Gasteiger partial charge in [0.25, 0.3) is 5.91 Å². The number of nitrogens with zero attached hydrogens (tertiary/aromatic N) is 3. The maximum absolute atomic E-state index is 14.2. The molecular weight excluding hydrogens is 452 g/mol. The summed E-state index contributed by atoms with van der Waals surface area (Å²) < 4.78 is 5.82. The zero-order chi connectivity index (χ0) is 24.6. The van der Waals surface area contributed by atoms with Crippen molar-refractivity contribution < 1.29 is 19.1 Å². The molecule has 8 nitrogen and oxygen atoms in total. The van der Waals surface area contributed by atoms with Gasteiger partial charge in [-0.25, -0.2) is 0 Å². The minimum absolute atomic E-state index is 0.205. The van der Waals surface area contributed by atoms with Gasteiger partial charge < -0.3 is 15.0 Å². The van der Waals surface area contributed by atoms with Gasteiger partial charge in [-0.2, -0.15) is 5.01 Å². The average Bonchev–Trinajstić information content (AvgIpc) is 3.27. The quantitative estimate of drug-likeness (QED) is 0.664. The van der Waals surface area contributed by atoms with Crippen LogP contribution in [-0.4, -0.2) is 34.5 Å². The maximum atomic E-state index is 14.2. The van der Waals surface area contributed by atoms with E-state index in [0.717, 1.165) is 34.1 Å². The molecule has 2 aliphatic rings. The summed E-state index contributed by atoms with van der Waals surface area (Å²) in [7, 11) is 0. The Balaban J connectivity index is 1.85. The fourth-order valence-corrected chi connectivity index (χ4v) is 5.55. The molecule has 0 bridgehead atoms. The van der Waals surface area contributed by atoms with Crippen LogP contribution in [0.15, 0.2) is 54.2 Å². The Bertz CT molecular complexity index is 1240. The normalized spacial score (nSPS) is 18.7. The van der Waals surface area contributed by atoms with Gasteiger partial charge in [0.2, 0.25) is 16.7 Å². The number of ether oxygens (including phenoxy) is 1. The summed E-state index contributed by atoms with van der Waals surface area (Å²) >= 11 is 1.07. The second-order valence-electron chi connectivity index (χ2n) is 8.17. The van der Waals surface area contributed by atoms with Crippen molar-refractivity contribution >= 4 is 40.3 Å². The molecule has 0 saturated carbocycles. The van der Waals surface area contributed by atoms with Gasteiger partial charge in [0.15, 0.2) is 5.17 Å². The van der Waals surface area contributed by atoms with Gasteiger partial charge in [-0.05, 0) is 42.8 Å². The molecule has 176 valence electrons. The van der Waals surface area contributed by atoms with Crippen LogP contribution in [0.2, 0.25) is 0 Å². The number of amides is 3. The Labute approximate surface area is 202 Å². The number of benzene rings is 2. The molecule has 2 aromatic rings. The molecule has 0 radical (unpaired) electrons. The molecule has 1 N–H and O–H groups in total. The molecule has 1 spiro atoms. The van der Waals surface area contributed by atoms with Crippen LogP contribution in [0, 0.1) is 13.8 Å². The summed E-state index contributed by atoms with van der Waals surface area (Å²) in [5.74, 6) is -0.385. The molecule has 0 fully saturated rings. The van der Waals surface area contributed by atoms with Crippen LogP contribution >= 0.6 is 11.8 Å². The number of amidine groups is 1. The minimum Gasteiger partial charge on any atom is -0.489 e. The first-order valence-corrected chi connectivity index (χ1v) is 11.6. The van der Waals surface area contributed by atoms with E-state index in [0.29, 0.717) is 17.9 Å². The van der Waals surface area contributed by atoms with Gasteiger partial charge in [-0.15, -0.1) is 5.10 Å². The lowest BCUT2D eigenvalue weighted by molar-refractivity contribution is -0.139. The van der Waals surface area contributed by atoms with Crippen molar-refractivity contribution in [1.29, 1.82) is 0 Å². The molecule has 0 unspecified atom stereocenters. The van der Waals surface area contributed by atoms with E-state index in [4.69, 9.17) is 4.74 Å². The van der Waals surface area contributed by atoms with Gasteiger partial charge >= 0.3 is 0 Å². The number of thioether (sulfide) groups is 1. The average molecular weight is 479 g/mol. The van der Waals surface area contributed by atoms with E-state index in [9.17, 15) is 14.4 Å². The SMILES string of the molecule is C=CCOc1ccccc1CN1C(=O)[C@@]2(SC(NC(C)=O)=NN2C(C)=O)c2ccc(C)c(C)c21. The summed E-state index contributed by atoms with van der Waals surface area (Å²) in [4.78, 5) is 38.8. The molecule has 34 heavy (non-hydrogen) atoms. The van der Waals surface area contributed by atoms with Gasteiger partial charge in [0.1, 0.15) is 12.4 Å². The number of rotatable bonds is 5. The highest BCUT2D eigenvalue weighted by Crippen LogP contribution is 2.56. The van der Waals surface area contributed by atoms with Gasteiger partial charge in [-0.1, -0.05) is 43.0 Å². The van der Waals surface area contributed by atoms with Gasteiger partial charge in [-0.3, -0.25) is 14.4 Å². The van der Waals surface area contributed by atoms with E-state index in [1.165, 1.54) is 18.9 Å². The monoisotopic (exact) mass is 478 g/mol. The molecule has 4 rings (SSSR count). The van der Waals surface area contributed by atoms with Crippen LogP contribution in [0.3, 0.4) is 0 Å². The van der Waals surface area contributed by atoms with Crippen molar-refractivity contribution in [3.8, 4) is 5.75 Å². The number of fused-ring (bicyclic) bond motifs is 2. The summed E-state index contributed by atoms with van der Waals surface area (Å²) in [5, 5.41) is 8.33. The van der Waals surface area contributed by atoms with E-state index in [-0.39, 0.29) is 23.5 Å². The minimum atomic E-state index is -1.44. The number of carbonyl (C=O) groups is 3. The molecule has 2 aliphatic heterocycles. The first-order valence-electron chi connectivity index (χ1n) is 10.8. The van der Waals surface area contributed by atoms with Gasteiger partial charge in [0.05, 0.1) is 12.2 Å². The first kappa shape index (κ1) is 23.6. The predicted octanol–water partition coefficient (Wildman–Crippen LogP) is 3.57. The van der Waals surface area contributed by atoms with E-state index in [1.807, 2.05) is 50.2 Å². The van der Waals surface area contributed by atoms with E-state index in [2.05, 4.69) is 17.0 Å². The number of anilines is 1. The molecule has 2 aromatic carbocycles. The van der Waals surface area contributed by atoms with Crippen LogP contribution in [-0.2, 0) is 25.8 Å². The van der Waals surface area contributed by atoms with Crippen molar-refractivity contribution in [2.45, 2.75) is 39.1 Å². The van der Waals surface area contributed by atoms with Gasteiger partial charge in [0, 0.05) is 25.0 Å². The van der Waals surface area contributed by atoms with Crippen LogP contribution in [0.4, 0.5) is 5.69 Å². The second-order valence-corrected chi connectivity index (χ2v) is 9.35. The fourth-order valence-electron chi connectivity index (χ4n) is 4.23. The number of aryl methyl sites for hydroxylation is 1. The Morgan fingerprint density at radius 1 is 1.21 bits per heavy atom. The zero-order valence-electron chi connectivity index (χ0n) is 19.5. The summed E-state index contributed by atoms with van der Waals surface area (Å²) in [6, 6.07) is 11.3. The third-order valence-electron chi connectivity index (χ3n) is 5.84. The maximum Gasteiger partial charge on any atom is 0.271 e. The van der Waals surface area contributed by atoms with Crippen LogP contribution in [0.1, 0.15) is 36.1 Å². The van der Waals surface area contributed by atoms with Crippen LogP contribution in [0.5, 0.6) is 5.75 Å². The molecule has 3 amide bonds. The third kappa shape index (κ3) is 3.75. The van der Waals surface area contributed by atoms with Crippen molar-refractivity contribution in [2.24, 2.45) is 5.10 Å². The van der Waals surface area contributed by atoms with Crippen LogP contribution in [0.25, 0.3) is 0 Å². The Morgan fingerprint density at radius 2 is 1.94 bits per heavy atom. The number of carbonyl (C=O) groups excluding carboxylic acids is 3. The molecule has 0 saturated heterocycles. The molecule has 9 heteroatoms. The largest absolute Gasteiger partial charge is 0.489 e. The van der Waals surface area contributed by atoms with Crippen molar-refractivity contribution in [3.63, 3.8) is 0 Å². The lowest BCUT2D eigenvalue weighted by Crippen LogP contribution is -2.48. The highest BCUT2D eigenvalue weighted by Gasteiger charge is 2.61. The standard InChI is InChI=1S/C25H26N4O4S/c1-6-13-33-21-10-8-7-9-19(21)14-28-22-16(3)15(2)11-12-20(22)25(23(28)32)29(18(5)31)27-24(34-25)26-17(4)30/h6-12H,1,13-14H2,2-5H3,(H,26,27,30)/t25-/m0/s1. The molecule has 1 atom stereocenters. The predicted molar refractivity (Wildman–Crippen MR) is 132 cm³/mol. The van der Waals surface area contributed by atoms with Crippen molar-refractivity contribution in [1.82, 2.24) is 10.3 Å². The molecule has 0 aliphatic carbocycles. The Kier molecular flexibility index (Phi) is 6.22. The highest BCUT2D eigenvalue weighted by molar-refractivity contribution is 8.15. The number of hydrogen-bond acceptors (Lipinski definition) is 6. The molecule has 0 aromatic heterocycles. The van der Waals surface area contributed by atoms with Crippen LogP contribution < -0.4 is 15.0 Å². The Hall–Kier alpha value is -3.59. The van der Waals surface area contributed by atoms with E-state index >= 15 is 0 Å². The summed E-state index contributed by atoms with van der Waals surface area (Å²) in [5.41, 5.74) is 4.17. The molecule has 2 heterocycles. The topological polar surface area (TPSA) is 91.3 Å². The summed E-state index contributed by atoms with van der Waals surface area (Å²) in [6.07, 6.45) is 1.66. The smallest absolute Gasteiger partial charge is 0.271 e. The third-order valence-corrected chi connectivity index (χ3v) is 7.08. The fraction of sp³-hybridized carbons (Fsp3) is 0.280. The lowest BCUT2D eigenvalue weighted by atomic mass is 10.00. The number of para-hydroxylation sites is 1. The van der Waals surface area contributed by atoms with E-state index in [1.54, 1.807) is 11.0 Å². The molecular formula is C25H26N4O4S. The number of hydrogen-bond donors (Lipinski definition) is 1. The number of hydrazone groups is 1. The lowest BCUT2D eigenvalue weighted by Gasteiger charge is -2.29. The second kappa shape index (κ2) is 8.98. The van der Waals surface area contributed by atoms with E-state index < -0.39 is 10.8 Å². The zero-order valence-corrected chi connectivity index (χ0v) is 20.4. The number of nitrogens with one attached hydrogen (secondary N) is 1. The first-order chi connectivity index (χ1) is 16.2. The summed E-state index contributed by atoms with van der Waals surface area (Å²) in [6.45, 7) is 10.9. The van der Waals surface area contributed by atoms with Crippen molar-refractivity contribution in [3.05, 3.63) is 71.3 Å². The highest BCUT2D eigenvalue weighted by atomic mass is 32.2. The van der Waals surface area contributed by atoms with Crippen molar-refractivity contribution in [2.75, 3.05) is 11.5 Å².